The van der Waals surface area contributed by atoms with Crippen molar-refractivity contribution in [2.75, 3.05) is 0 Å². The molecular weight excluding hydrogens is 357 g/mol. The SMILES string of the molecule is Cc1ccc(S(=O)(=O)C2N=COC2c2ccc(C(F)(F)F)nc2)cc1. The first-order valence-corrected chi connectivity index (χ1v) is 8.75. The molecule has 0 amide bonds. The summed E-state index contributed by atoms with van der Waals surface area (Å²) in [7, 11) is -3.86. The van der Waals surface area contributed by atoms with E-state index in [9.17, 15) is 21.6 Å². The number of aryl methyl sites for hydroxylation is 1. The minimum atomic E-state index is -4.57. The molecule has 2 heterocycles. The van der Waals surface area contributed by atoms with Crippen LogP contribution in [-0.4, -0.2) is 25.2 Å². The van der Waals surface area contributed by atoms with E-state index in [1.54, 1.807) is 12.1 Å². The lowest BCUT2D eigenvalue weighted by Gasteiger charge is -2.18. The van der Waals surface area contributed by atoms with Crippen LogP contribution in [0.5, 0.6) is 0 Å². The topological polar surface area (TPSA) is 68.6 Å². The molecule has 25 heavy (non-hydrogen) atoms. The van der Waals surface area contributed by atoms with E-state index in [-0.39, 0.29) is 10.5 Å². The number of hydrogen-bond donors (Lipinski definition) is 0. The molecule has 0 saturated carbocycles. The van der Waals surface area contributed by atoms with Gasteiger partial charge in [-0.2, -0.15) is 13.2 Å². The zero-order valence-electron chi connectivity index (χ0n) is 12.9. The average molecular weight is 370 g/mol. The van der Waals surface area contributed by atoms with Crippen molar-refractivity contribution >= 4 is 16.2 Å². The third kappa shape index (κ3) is 3.37. The number of hydrogen-bond acceptors (Lipinski definition) is 5. The molecule has 132 valence electrons. The molecule has 1 aromatic heterocycles. The highest BCUT2D eigenvalue weighted by atomic mass is 32.2. The van der Waals surface area contributed by atoms with Gasteiger partial charge in [0.15, 0.2) is 17.9 Å². The summed E-state index contributed by atoms with van der Waals surface area (Å²) in [6.07, 6.45) is -3.67. The van der Waals surface area contributed by atoms with Crippen LogP contribution in [0, 0.1) is 6.92 Å². The maximum atomic E-state index is 12.8. The fraction of sp³-hybridized carbons (Fsp3) is 0.250. The van der Waals surface area contributed by atoms with Crippen molar-refractivity contribution in [3.8, 4) is 0 Å². The molecule has 1 aliphatic rings. The Balaban J connectivity index is 1.92. The second kappa shape index (κ2) is 6.14. The van der Waals surface area contributed by atoms with Crippen LogP contribution in [0.1, 0.15) is 22.9 Å². The standard InChI is InChI=1S/C16H13F3N2O3S/c1-10-2-5-12(6-3-10)25(22,23)15-14(24-9-21-15)11-4-7-13(20-8-11)16(17,18)19/h2-9,14-15H,1H3. The van der Waals surface area contributed by atoms with Gasteiger partial charge in [-0.25, -0.2) is 13.4 Å². The minimum Gasteiger partial charge on any atom is -0.472 e. The molecule has 0 N–H and O–H groups in total. The van der Waals surface area contributed by atoms with Crippen molar-refractivity contribution in [3.63, 3.8) is 0 Å². The third-order valence-corrected chi connectivity index (χ3v) is 5.68. The Morgan fingerprint density at radius 1 is 1.08 bits per heavy atom. The maximum Gasteiger partial charge on any atom is 0.433 e. The first kappa shape index (κ1) is 17.4. The summed E-state index contributed by atoms with van der Waals surface area (Å²) in [5, 5.41) is -1.28. The number of ether oxygens (including phenoxy) is 1. The predicted molar refractivity (Wildman–Crippen MR) is 83.7 cm³/mol. The summed E-state index contributed by atoms with van der Waals surface area (Å²) in [5.74, 6) is 0. The summed E-state index contributed by atoms with van der Waals surface area (Å²) in [6.45, 7) is 1.82. The lowest BCUT2D eigenvalue weighted by atomic mass is 10.1. The monoisotopic (exact) mass is 370 g/mol. The fourth-order valence-electron chi connectivity index (χ4n) is 2.40. The molecule has 9 heteroatoms. The van der Waals surface area contributed by atoms with Gasteiger partial charge >= 0.3 is 6.18 Å². The summed E-state index contributed by atoms with van der Waals surface area (Å²) in [6, 6.07) is 8.16. The van der Waals surface area contributed by atoms with Gasteiger partial charge in [0.1, 0.15) is 5.69 Å². The van der Waals surface area contributed by atoms with Crippen molar-refractivity contribution < 1.29 is 26.3 Å². The third-order valence-electron chi connectivity index (χ3n) is 3.75. The van der Waals surface area contributed by atoms with Crippen LogP contribution in [0.15, 0.2) is 52.5 Å². The van der Waals surface area contributed by atoms with Gasteiger partial charge < -0.3 is 4.74 Å². The van der Waals surface area contributed by atoms with Crippen LogP contribution >= 0.6 is 0 Å². The number of halogens is 3. The van der Waals surface area contributed by atoms with Crippen LogP contribution in [0.25, 0.3) is 0 Å². The van der Waals surface area contributed by atoms with E-state index >= 15 is 0 Å². The van der Waals surface area contributed by atoms with E-state index < -0.39 is 33.2 Å². The number of pyridine rings is 1. The molecule has 3 rings (SSSR count). The van der Waals surface area contributed by atoms with Gasteiger partial charge in [0, 0.05) is 11.8 Å². The van der Waals surface area contributed by atoms with E-state index in [4.69, 9.17) is 4.74 Å². The van der Waals surface area contributed by atoms with Crippen LogP contribution in [0.4, 0.5) is 13.2 Å². The van der Waals surface area contributed by atoms with Crippen LogP contribution in [-0.2, 0) is 20.8 Å². The molecule has 2 aromatic rings. The normalized spacial score (nSPS) is 20.5. The zero-order chi connectivity index (χ0) is 18.2. The molecule has 0 bridgehead atoms. The number of aromatic nitrogens is 1. The molecule has 0 radical (unpaired) electrons. The number of aliphatic imine (C=N–C) groups is 1. The predicted octanol–water partition coefficient (Wildman–Crippen LogP) is 3.31. The van der Waals surface area contributed by atoms with Gasteiger partial charge in [0.05, 0.1) is 4.90 Å². The Kier molecular flexibility index (Phi) is 4.28. The summed E-state index contributed by atoms with van der Waals surface area (Å²) in [4.78, 5) is 7.26. The van der Waals surface area contributed by atoms with Gasteiger partial charge in [0.2, 0.25) is 9.84 Å². The van der Waals surface area contributed by atoms with Crippen molar-refractivity contribution in [1.29, 1.82) is 0 Å². The first-order chi connectivity index (χ1) is 11.7. The molecule has 0 spiro atoms. The molecule has 0 aliphatic carbocycles. The quantitative estimate of drug-likeness (QED) is 0.831. The number of sulfone groups is 1. The van der Waals surface area contributed by atoms with Crippen molar-refractivity contribution in [2.45, 2.75) is 29.5 Å². The molecule has 5 nitrogen and oxygen atoms in total. The molecular formula is C16H13F3N2O3S. The average Bonchev–Trinajstić information content (AvgIpc) is 3.05. The number of alkyl halides is 3. The molecule has 1 aromatic carbocycles. The van der Waals surface area contributed by atoms with E-state index in [1.807, 2.05) is 6.92 Å². The Morgan fingerprint density at radius 2 is 1.76 bits per heavy atom. The Bertz CT molecular complexity index is 892. The molecule has 0 saturated heterocycles. The molecule has 2 unspecified atom stereocenters. The van der Waals surface area contributed by atoms with Crippen molar-refractivity contribution in [1.82, 2.24) is 4.98 Å². The van der Waals surface area contributed by atoms with E-state index in [0.717, 1.165) is 30.3 Å². The number of benzene rings is 1. The van der Waals surface area contributed by atoms with Crippen LogP contribution < -0.4 is 0 Å². The second-order valence-electron chi connectivity index (χ2n) is 5.53. The first-order valence-electron chi connectivity index (χ1n) is 7.20. The van der Waals surface area contributed by atoms with E-state index in [0.29, 0.717) is 0 Å². The lowest BCUT2D eigenvalue weighted by molar-refractivity contribution is -0.141. The molecule has 1 aliphatic heterocycles. The Morgan fingerprint density at radius 3 is 2.32 bits per heavy atom. The summed E-state index contributed by atoms with van der Waals surface area (Å²) in [5.41, 5.74) is 0.0351. The number of rotatable bonds is 3. The minimum absolute atomic E-state index is 0.0654. The maximum absolute atomic E-state index is 12.8. The zero-order valence-corrected chi connectivity index (χ0v) is 13.8. The fourth-order valence-corrected chi connectivity index (χ4v) is 3.95. The Labute approximate surface area is 142 Å². The lowest BCUT2D eigenvalue weighted by Crippen LogP contribution is -2.25. The highest BCUT2D eigenvalue weighted by Gasteiger charge is 2.40. The van der Waals surface area contributed by atoms with Crippen LogP contribution in [0.2, 0.25) is 0 Å². The largest absolute Gasteiger partial charge is 0.472 e. The summed E-state index contributed by atoms with van der Waals surface area (Å²) >= 11 is 0. The van der Waals surface area contributed by atoms with Gasteiger partial charge in [-0.1, -0.05) is 23.8 Å². The van der Waals surface area contributed by atoms with Gasteiger partial charge in [0.25, 0.3) is 0 Å². The highest BCUT2D eigenvalue weighted by Crippen LogP contribution is 2.35. The number of nitrogens with zero attached hydrogens (tertiary/aromatic N) is 2. The smallest absolute Gasteiger partial charge is 0.433 e. The van der Waals surface area contributed by atoms with E-state index in [2.05, 4.69) is 9.98 Å². The van der Waals surface area contributed by atoms with Crippen molar-refractivity contribution in [3.05, 3.63) is 59.4 Å². The van der Waals surface area contributed by atoms with Crippen molar-refractivity contribution in [2.24, 2.45) is 4.99 Å². The molecule has 2 atom stereocenters. The highest BCUT2D eigenvalue weighted by molar-refractivity contribution is 7.92. The molecule has 0 fully saturated rings. The summed E-state index contributed by atoms with van der Waals surface area (Å²) < 4.78 is 68.5. The van der Waals surface area contributed by atoms with Gasteiger partial charge in [-0.3, -0.25) is 4.98 Å². The second-order valence-corrected chi connectivity index (χ2v) is 7.58. The van der Waals surface area contributed by atoms with Crippen LogP contribution in [0.3, 0.4) is 0 Å². The Hall–Kier alpha value is -2.42. The van der Waals surface area contributed by atoms with Gasteiger partial charge in [-0.05, 0) is 25.1 Å². The van der Waals surface area contributed by atoms with Gasteiger partial charge in [-0.15, -0.1) is 0 Å². The van der Waals surface area contributed by atoms with E-state index in [1.165, 1.54) is 12.1 Å².